The Bertz CT molecular complexity index is 287. The highest BCUT2D eigenvalue weighted by Crippen LogP contribution is 2.22. The predicted octanol–water partition coefficient (Wildman–Crippen LogP) is -1.25. The van der Waals surface area contributed by atoms with Gasteiger partial charge in [0.05, 0.1) is 6.61 Å². The van der Waals surface area contributed by atoms with Crippen LogP contribution >= 0.6 is 0 Å². The monoisotopic (exact) mass is 277 g/mol. The maximum Gasteiger partial charge on any atom is 0.217 e. The molecule has 0 aliphatic carbocycles. The fourth-order valence-corrected chi connectivity index (χ4v) is 1.96. The van der Waals surface area contributed by atoms with Gasteiger partial charge in [0, 0.05) is 13.5 Å². The third-order valence-corrected chi connectivity index (χ3v) is 3.03. The highest BCUT2D eigenvalue weighted by Gasteiger charge is 2.45. The van der Waals surface area contributed by atoms with E-state index in [-0.39, 0.29) is 5.91 Å². The molecule has 4 N–H and O–H groups in total. The van der Waals surface area contributed by atoms with Crippen molar-refractivity contribution < 1.29 is 29.6 Å². The van der Waals surface area contributed by atoms with E-state index in [4.69, 9.17) is 14.6 Å². The first-order chi connectivity index (χ1) is 9.01. The summed E-state index contributed by atoms with van der Waals surface area (Å²) in [5, 5.41) is 31.3. The van der Waals surface area contributed by atoms with Gasteiger partial charge < -0.3 is 30.1 Å². The lowest BCUT2D eigenvalue weighted by Gasteiger charge is -2.42. The molecule has 112 valence electrons. The van der Waals surface area contributed by atoms with Gasteiger partial charge in [-0.25, -0.2) is 0 Å². The smallest absolute Gasteiger partial charge is 0.217 e. The fraction of sp³-hybridized carbons (Fsp3) is 0.917. The number of rotatable bonds is 6. The molecule has 7 heteroatoms. The van der Waals surface area contributed by atoms with E-state index in [0.717, 1.165) is 12.8 Å². The van der Waals surface area contributed by atoms with E-state index in [2.05, 4.69) is 5.32 Å². The molecule has 19 heavy (non-hydrogen) atoms. The predicted molar refractivity (Wildman–Crippen MR) is 66.2 cm³/mol. The average Bonchev–Trinajstić information content (AvgIpc) is 2.37. The molecular weight excluding hydrogens is 254 g/mol. The zero-order valence-electron chi connectivity index (χ0n) is 11.3. The quantitative estimate of drug-likeness (QED) is 0.452. The zero-order chi connectivity index (χ0) is 14.4. The molecule has 0 aromatic heterocycles. The van der Waals surface area contributed by atoms with Crippen LogP contribution in [0.25, 0.3) is 0 Å². The molecule has 1 aliphatic rings. The van der Waals surface area contributed by atoms with Gasteiger partial charge in [-0.15, -0.1) is 0 Å². The molecule has 0 radical (unpaired) electrons. The summed E-state index contributed by atoms with van der Waals surface area (Å²) in [6.07, 6.45) is -2.58. The lowest BCUT2D eigenvalue weighted by molar-refractivity contribution is -0.270. The van der Waals surface area contributed by atoms with Crippen molar-refractivity contribution in [2.45, 2.75) is 57.3 Å². The normalized spacial score (nSPS) is 35.1. The molecule has 0 saturated carbocycles. The molecule has 1 aliphatic heterocycles. The minimum atomic E-state index is -1.27. The molecule has 1 amide bonds. The summed E-state index contributed by atoms with van der Waals surface area (Å²) in [5.74, 6) is -0.355. The van der Waals surface area contributed by atoms with Gasteiger partial charge in [-0.05, 0) is 6.42 Å². The number of hydrogen-bond acceptors (Lipinski definition) is 6. The molecule has 0 aromatic rings. The van der Waals surface area contributed by atoms with Crippen LogP contribution in [0.15, 0.2) is 0 Å². The summed E-state index contributed by atoms with van der Waals surface area (Å²) in [7, 11) is 0. The molecule has 0 aromatic carbocycles. The van der Waals surface area contributed by atoms with Crippen LogP contribution in [0.5, 0.6) is 0 Å². The molecule has 1 saturated heterocycles. The van der Waals surface area contributed by atoms with Crippen LogP contribution in [-0.4, -0.2) is 65.1 Å². The van der Waals surface area contributed by atoms with E-state index < -0.39 is 37.3 Å². The Balaban J connectivity index is 2.71. The molecule has 0 spiro atoms. The molecule has 1 rings (SSSR count). The second-order valence-electron chi connectivity index (χ2n) is 4.66. The number of carbonyl (C=O) groups is 1. The molecule has 5 atom stereocenters. The second kappa shape index (κ2) is 7.76. The number of aliphatic hydroxyl groups excluding tert-OH is 3. The Morgan fingerprint density at radius 3 is 2.58 bits per heavy atom. The Labute approximate surface area is 112 Å². The maximum absolute atomic E-state index is 11.1. The van der Waals surface area contributed by atoms with E-state index in [1.807, 2.05) is 6.92 Å². The fourth-order valence-electron chi connectivity index (χ4n) is 1.96. The van der Waals surface area contributed by atoms with Crippen molar-refractivity contribution in [1.29, 1.82) is 0 Å². The van der Waals surface area contributed by atoms with Gasteiger partial charge in [0.1, 0.15) is 24.4 Å². The molecular formula is C12H23NO6. The Morgan fingerprint density at radius 2 is 2.05 bits per heavy atom. The first-order valence-corrected chi connectivity index (χ1v) is 6.52. The molecule has 0 bridgehead atoms. The topological polar surface area (TPSA) is 108 Å². The van der Waals surface area contributed by atoms with Gasteiger partial charge in [0.2, 0.25) is 5.91 Å². The second-order valence-corrected chi connectivity index (χ2v) is 4.66. The van der Waals surface area contributed by atoms with Crippen molar-refractivity contribution in [1.82, 2.24) is 5.32 Å². The van der Waals surface area contributed by atoms with E-state index in [9.17, 15) is 15.0 Å². The van der Waals surface area contributed by atoms with Crippen LogP contribution in [-0.2, 0) is 14.3 Å². The summed E-state index contributed by atoms with van der Waals surface area (Å²) in [4.78, 5) is 11.1. The van der Waals surface area contributed by atoms with Crippen LogP contribution < -0.4 is 5.32 Å². The zero-order valence-corrected chi connectivity index (χ0v) is 11.3. The lowest BCUT2D eigenvalue weighted by Crippen LogP contribution is -2.64. The highest BCUT2D eigenvalue weighted by molar-refractivity contribution is 5.73. The van der Waals surface area contributed by atoms with Crippen molar-refractivity contribution >= 4 is 5.91 Å². The summed E-state index contributed by atoms with van der Waals surface area (Å²) >= 11 is 0. The molecule has 7 nitrogen and oxygen atoms in total. The van der Waals surface area contributed by atoms with Crippen LogP contribution in [0.4, 0.5) is 0 Å². The molecule has 1 heterocycles. The maximum atomic E-state index is 11.1. The van der Waals surface area contributed by atoms with Crippen LogP contribution in [0.2, 0.25) is 0 Å². The third-order valence-electron chi connectivity index (χ3n) is 3.03. The van der Waals surface area contributed by atoms with Crippen molar-refractivity contribution in [3.8, 4) is 0 Å². The first kappa shape index (κ1) is 16.3. The Kier molecular flexibility index (Phi) is 6.67. The standard InChI is InChI=1S/C12H23NO6/c1-3-4-5-18-12-9(13-7(2)15)11(17)10(16)8(6-14)19-12/h8-12,14,16-17H,3-6H2,1-2H3,(H,13,15)/t8?,9?,10-,11?,12+/m0/s1. The highest BCUT2D eigenvalue weighted by atomic mass is 16.7. The summed E-state index contributed by atoms with van der Waals surface area (Å²) in [6, 6.07) is -0.854. The van der Waals surface area contributed by atoms with Crippen molar-refractivity contribution in [3.63, 3.8) is 0 Å². The van der Waals surface area contributed by atoms with E-state index >= 15 is 0 Å². The van der Waals surface area contributed by atoms with Gasteiger partial charge in [-0.1, -0.05) is 13.3 Å². The minimum Gasteiger partial charge on any atom is -0.394 e. The largest absolute Gasteiger partial charge is 0.394 e. The first-order valence-electron chi connectivity index (χ1n) is 6.52. The number of aliphatic hydroxyl groups is 3. The van der Waals surface area contributed by atoms with Gasteiger partial charge in [-0.3, -0.25) is 4.79 Å². The lowest BCUT2D eigenvalue weighted by atomic mass is 9.97. The third kappa shape index (κ3) is 4.39. The van der Waals surface area contributed by atoms with E-state index in [1.54, 1.807) is 0 Å². The number of amides is 1. The van der Waals surface area contributed by atoms with Crippen molar-refractivity contribution in [3.05, 3.63) is 0 Å². The number of hydrogen-bond donors (Lipinski definition) is 4. The SMILES string of the molecule is CCCCO[C@@H]1OC(CO)[C@H](O)C(O)C1NC(C)=O. The number of ether oxygens (including phenoxy) is 2. The molecule has 3 unspecified atom stereocenters. The van der Waals surface area contributed by atoms with E-state index in [0.29, 0.717) is 6.61 Å². The summed E-state index contributed by atoms with van der Waals surface area (Å²) in [6.45, 7) is 3.29. The van der Waals surface area contributed by atoms with Crippen LogP contribution in [0.3, 0.4) is 0 Å². The van der Waals surface area contributed by atoms with Gasteiger partial charge >= 0.3 is 0 Å². The minimum absolute atomic E-state index is 0.355. The number of nitrogens with one attached hydrogen (secondary N) is 1. The summed E-state index contributed by atoms with van der Waals surface area (Å²) in [5.41, 5.74) is 0. The van der Waals surface area contributed by atoms with Crippen molar-refractivity contribution in [2.75, 3.05) is 13.2 Å². The Morgan fingerprint density at radius 1 is 1.37 bits per heavy atom. The van der Waals surface area contributed by atoms with Crippen LogP contribution in [0, 0.1) is 0 Å². The molecule has 1 fully saturated rings. The number of unbranched alkanes of at least 4 members (excludes halogenated alkanes) is 1. The van der Waals surface area contributed by atoms with Gasteiger partial charge in [0.25, 0.3) is 0 Å². The summed E-state index contributed by atoms with van der Waals surface area (Å²) < 4.78 is 10.8. The van der Waals surface area contributed by atoms with Gasteiger partial charge in [-0.2, -0.15) is 0 Å². The van der Waals surface area contributed by atoms with E-state index in [1.165, 1.54) is 6.92 Å². The van der Waals surface area contributed by atoms with Gasteiger partial charge in [0.15, 0.2) is 6.29 Å². The van der Waals surface area contributed by atoms with Crippen molar-refractivity contribution in [2.24, 2.45) is 0 Å². The number of carbonyl (C=O) groups excluding carboxylic acids is 1. The Hall–Kier alpha value is -0.730. The average molecular weight is 277 g/mol. The van der Waals surface area contributed by atoms with Crippen LogP contribution in [0.1, 0.15) is 26.7 Å².